The van der Waals surface area contributed by atoms with Gasteiger partial charge in [0.15, 0.2) is 5.17 Å². The number of halogens is 1. The lowest BCUT2D eigenvalue weighted by Gasteiger charge is -2.36. The minimum atomic E-state index is -0.239. The Morgan fingerprint density at radius 3 is 2.54 bits per heavy atom. The van der Waals surface area contributed by atoms with Crippen LogP contribution in [0.3, 0.4) is 0 Å². The highest BCUT2D eigenvalue weighted by molar-refractivity contribution is 8.18. The highest BCUT2D eigenvalue weighted by Crippen LogP contribution is 2.34. The van der Waals surface area contributed by atoms with Crippen molar-refractivity contribution in [3.63, 3.8) is 0 Å². The third kappa shape index (κ3) is 5.56. The molecule has 39 heavy (non-hydrogen) atoms. The van der Waals surface area contributed by atoms with Crippen molar-refractivity contribution in [2.45, 2.75) is 32.6 Å². The summed E-state index contributed by atoms with van der Waals surface area (Å²) < 4.78 is 15.4. The van der Waals surface area contributed by atoms with E-state index in [9.17, 15) is 4.79 Å². The van der Waals surface area contributed by atoms with E-state index in [1.165, 1.54) is 24.5 Å². The van der Waals surface area contributed by atoms with Gasteiger partial charge in [0.25, 0.3) is 5.91 Å². The van der Waals surface area contributed by atoms with E-state index in [2.05, 4.69) is 36.6 Å². The van der Waals surface area contributed by atoms with Crippen LogP contribution in [0.1, 0.15) is 38.2 Å². The van der Waals surface area contributed by atoms with E-state index < -0.39 is 0 Å². The van der Waals surface area contributed by atoms with E-state index in [-0.39, 0.29) is 11.7 Å². The largest absolute Gasteiger partial charge is 0.367 e. The number of nitrogens with zero attached hydrogens (tertiary/aromatic N) is 6. The highest BCUT2D eigenvalue weighted by Gasteiger charge is 2.27. The van der Waals surface area contributed by atoms with E-state index in [0.717, 1.165) is 86.7 Å². The molecular formula is C30H33FN6OS. The van der Waals surface area contributed by atoms with Crippen LogP contribution in [0.2, 0.25) is 0 Å². The number of carbonyl (C=O) groups excluding carboxylic acids is 1. The standard InChI is InChI=1S/C30H33FN6OS/c1-2-10-35-13-15-36(16-14-35)26-9-7-22(19-24(26)31)28-23-17-21(6-8-25(23)32-20-33-28)18-27-29(38)34-30(39-27)37-11-4-3-5-12-37/h6-9,17-20H,2-5,10-16H2,1H3. The van der Waals surface area contributed by atoms with Crippen LogP contribution < -0.4 is 4.90 Å². The monoisotopic (exact) mass is 544 g/mol. The molecule has 4 heterocycles. The third-order valence-electron chi connectivity index (χ3n) is 7.67. The lowest BCUT2D eigenvalue weighted by molar-refractivity contribution is -0.113. The predicted molar refractivity (Wildman–Crippen MR) is 157 cm³/mol. The molecule has 0 radical (unpaired) electrons. The summed E-state index contributed by atoms with van der Waals surface area (Å²) in [5.41, 5.74) is 3.66. The Morgan fingerprint density at radius 1 is 0.949 bits per heavy atom. The first-order chi connectivity index (χ1) is 19.1. The molecule has 0 unspecified atom stereocenters. The Hall–Kier alpha value is -3.30. The van der Waals surface area contributed by atoms with Gasteiger partial charge in [-0.15, -0.1) is 0 Å². The van der Waals surface area contributed by atoms with Crippen LogP contribution in [0.5, 0.6) is 0 Å². The summed E-state index contributed by atoms with van der Waals surface area (Å²) >= 11 is 1.44. The molecular weight excluding hydrogens is 511 g/mol. The molecule has 0 N–H and O–H groups in total. The Balaban J connectivity index is 1.24. The second-order valence-corrected chi connectivity index (χ2v) is 11.4. The van der Waals surface area contributed by atoms with Crippen molar-refractivity contribution in [1.82, 2.24) is 19.8 Å². The maximum Gasteiger partial charge on any atom is 0.286 e. The molecule has 3 aliphatic rings. The average molecular weight is 545 g/mol. The van der Waals surface area contributed by atoms with E-state index in [1.807, 2.05) is 36.4 Å². The molecule has 0 atom stereocenters. The molecule has 9 heteroatoms. The number of thioether (sulfide) groups is 1. The summed E-state index contributed by atoms with van der Waals surface area (Å²) in [5, 5.41) is 1.62. The van der Waals surface area contributed by atoms with Crippen LogP contribution in [-0.2, 0) is 4.79 Å². The first-order valence-corrected chi connectivity index (χ1v) is 14.7. The Kier molecular flexibility index (Phi) is 7.61. The van der Waals surface area contributed by atoms with Crippen molar-refractivity contribution >= 4 is 45.5 Å². The van der Waals surface area contributed by atoms with Gasteiger partial charge in [-0.05, 0) is 79.9 Å². The minimum absolute atomic E-state index is 0.196. The number of benzene rings is 2. The van der Waals surface area contributed by atoms with Crippen molar-refractivity contribution in [2.75, 3.05) is 50.7 Å². The van der Waals surface area contributed by atoms with Crippen LogP contribution in [0, 0.1) is 5.82 Å². The number of hydrogen-bond acceptors (Lipinski definition) is 7. The maximum atomic E-state index is 15.4. The van der Waals surface area contributed by atoms with Gasteiger partial charge < -0.3 is 9.80 Å². The van der Waals surface area contributed by atoms with Gasteiger partial charge in [0.2, 0.25) is 0 Å². The number of amides is 1. The average Bonchev–Trinajstić information content (AvgIpc) is 3.33. The van der Waals surface area contributed by atoms with Gasteiger partial charge in [0.1, 0.15) is 12.1 Å². The van der Waals surface area contributed by atoms with E-state index >= 15 is 4.39 Å². The summed E-state index contributed by atoms with van der Waals surface area (Å²) in [5.74, 6) is -0.435. The number of anilines is 1. The zero-order chi connectivity index (χ0) is 26.8. The smallest absolute Gasteiger partial charge is 0.286 e. The van der Waals surface area contributed by atoms with Crippen LogP contribution >= 0.6 is 11.8 Å². The van der Waals surface area contributed by atoms with Crippen molar-refractivity contribution in [1.29, 1.82) is 0 Å². The van der Waals surface area contributed by atoms with Gasteiger partial charge in [0.05, 0.1) is 21.8 Å². The normalized spacial score (nSPS) is 19.8. The van der Waals surface area contributed by atoms with E-state index in [4.69, 9.17) is 0 Å². The molecule has 0 saturated carbocycles. The van der Waals surface area contributed by atoms with Crippen LogP contribution in [0.4, 0.5) is 10.1 Å². The fraction of sp³-hybridized carbons (Fsp3) is 0.400. The molecule has 0 aliphatic carbocycles. The summed E-state index contributed by atoms with van der Waals surface area (Å²) in [4.78, 5) is 33.3. The Morgan fingerprint density at radius 2 is 1.77 bits per heavy atom. The lowest BCUT2D eigenvalue weighted by Crippen LogP contribution is -2.46. The number of piperazine rings is 1. The lowest BCUT2D eigenvalue weighted by atomic mass is 10.0. The molecule has 0 bridgehead atoms. The van der Waals surface area contributed by atoms with Crippen LogP contribution in [-0.4, -0.2) is 76.7 Å². The SMILES string of the molecule is CCCN1CCN(c2ccc(-c3ncnc4ccc(C=C5SC(N6CCCCC6)=NC5=O)cc34)cc2F)CC1. The second-order valence-electron chi connectivity index (χ2n) is 10.4. The topological polar surface area (TPSA) is 64.9 Å². The molecule has 202 valence electrons. The summed E-state index contributed by atoms with van der Waals surface area (Å²) in [6, 6.07) is 11.2. The number of piperidine rings is 1. The van der Waals surface area contributed by atoms with Crippen molar-refractivity contribution in [3.8, 4) is 11.3 Å². The van der Waals surface area contributed by atoms with Gasteiger partial charge in [-0.2, -0.15) is 4.99 Å². The Labute approximate surface area is 232 Å². The van der Waals surface area contributed by atoms with Crippen molar-refractivity contribution in [3.05, 3.63) is 59.0 Å². The molecule has 0 spiro atoms. The van der Waals surface area contributed by atoms with Crippen LogP contribution in [0.25, 0.3) is 28.2 Å². The maximum absolute atomic E-state index is 15.4. The van der Waals surface area contributed by atoms with Crippen LogP contribution in [0.15, 0.2) is 52.6 Å². The fourth-order valence-corrected chi connectivity index (χ4v) is 6.57. The first-order valence-electron chi connectivity index (χ1n) is 13.9. The third-order valence-corrected chi connectivity index (χ3v) is 8.71. The quantitative estimate of drug-likeness (QED) is 0.397. The number of rotatable bonds is 5. The number of hydrogen-bond donors (Lipinski definition) is 0. The molecule has 2 saturated heterocycles. The van der Waals surface area contributed by atoms with Crippen molar-refractivity contribution < 1.29 is 9.18 Å². The van der Waals surface area contributed by atoms with Crippen molar-refractivity contribution in [2.24, 2.45) is 4.99 Å². The highest BCUT2D eigenvalue weighted by atomic mass is 32.2. The summed E-state index contributed by atoms with van der Waals surface area (Å²) in [6.07, 6.45) is 8.04. The molecule has 3 aliphatic heterocycles. The van der Waals surface area contributed by atoms with Gasteiger partial charge in [-0.25, -0.2) is 14.4 Å². The van der Waals surface area contributed by atoms with E-state index in [1.54, 1.807) is 6.07 Å². The van der Waals surface area contributed by atoms with Gasteiger partial charge >= 0.3 is 0 Å². The predicted octanol–water partition coefficient (Wildman–Crippen LogP) is 5.42. The number of fused-ring (bicyclic) bond motifs is 1. The molecule has 1 aromatic heterocycles. The number of likely N-dealkylation sites (tertiary alicyclic amines) is 1. The molecule has 3 aromatic rings. The minimum Gasteiger partial charge on any atom is -0.367 e. The molecule has 7 nitrogen and oxygen atoms in total. The molecule has 2 aromatic carbocycles. The van der Waals surface area contributed by atoms with E-state index in [0.29, 0.717) is 21.8 Å². The number of aliphatic imine (C=N–C) groups is 1. The van der Waals surface area contributed by atoms with Gasteiger partial charge in [-0.3, -0.25) is 9.69 Å². The number of carbonyl (C=O) groups is 1. The summed E-state index contributed by atoms with van der Waals surface area (Å²) in [7, 11) is 0. The van der Waals surface area contributed by atoms with Gasteiger partial charge in [0, 0.05) is 50.2 Å². The summed E-state index contributed by atoms with van der Waals surface area (Å²) in [6.45, 7) is 8.74. The fourth-order valence-electron chi connectivity index (χ4n) is 5.60. The zero-order valence-electron chi connectivity index (χ0n) is 22.3. The number of aromatic nitrogens is 2. The zero-order valence-corrected chi connectivity index (χ0v) is 23.1. The second kappa shape index (κ2) is 11.4. The number of amidine groups is 1. The molecule has 1 amide bonds. The Bertz CT molecular complexity index is 1440. The van der Waals surface area contributed by atoms with Gasteiger partial charge in [-0.1, -0.05) is 19.1 Å². The molecule has 2 fully saturated rings. The first kappa shape index (κ1) is 26.0. The molecule has 6 rings (SSSR count).